The molecule has 1 aliphatic carbocycles. The zero-order valence-electron chi connectivity index (χ0n) is 17.7. The second-order valence-corrected chi connectivity index (χ2v) is 9.27. The summed E-state index contributed by atoms with van der Waals surface area (Å²) < 4.78 is 17.3. The average molecular weight is 408 g/mol. The standard InChI is InChI=1S/C22H32O7/c1-14-16-7-12-22(5,28-19(14)24)17(26-15(2)23)8-11-20(3,29-25)9-6-10-21(4)18(13-16)27-21/h6,9,16-18,25H,1,7-8,10-13H2,2-5H3/t16-,17-,18+,20+,21+,22-/m1/s1. The topological polar surface area (TPSA) is 94.6 Å². The van der Waals surface area contributed by atoms with Crippen molar-refractivity contribution >= 4 is 11.9 Å². The highest BCUT2D eigenvalue weighted by Gasteiger charge is 2.53. The Morgan fingerprint density at radius 1 is 1.24 bits per heavy atom. The number of fused-ring (bicyclic) bond motifs is 4. The molecule has 3 rings (SSSR count). The Kier molecular flexibility index (Phi) is 5.96. The van der Waals surface area contributed by atoms with Gasteiger partial charge in [0.25, 0.3) is 0 Å². The van der Waals surface area contributed by atoms with Crippen molar-refractivity contribution < 1.29 is 33.9 Å². The lowest BCUT2D eigenvalue weighted by molar-refractivity contribution is -0.305. The molecule has 2 aliphatic heterocycles. The molecule has 2 bridgehead atoms. The highest BCUT2D eigenvalue weighted by atomic mass is 17.1. The van der Waals surface area contributed by atoms with E-state index >= 15 is 0 Å². The van der Waals surface area contributed by atoms with Crippen molar-refractivity contribution in [1.29, 1.82) is 0 Å². The van der Waals surface area contributed by atoms with Crippen LogP contribution in [-0.4, -0.2) is 46.2 Å². The molecule has 7 nitrogen and oxygen atoms in total. The largest absolute Gasteiger partial charge is 0.458 e. The minimum atomic E-state index is -0.988. The number of carbonyl (C=O) groups is 2. The summed E-state index contributed by atoms with van der Waals surface area (Å²) in [5.41, 5.74) is -1.79. The van der Waals surface area contributed by atoms with E-state index in [-0.39, 0.29) is 17.6 Å². The summed E-state index contributed by atoms with van der Waals surface area (Å²) in [5.74, 6) is -0.937. The maximum absolute atomic E-state index is 12.8. The van der Waals surface area contributed by atoms with E-state index in [1.807, 2.05) is 19.1 Å². The summed E-state index contributed by atoms with van der Waals surface area (Å²) in [6.07, 6.45) is 6.46. The lowest BCUT2D eigenvalue weighted by Gasteiger charge is -2.36. The maximum Gasteiger partial charge on any atom is 0.334 e. The molecule has 7 heteroatoms. The molecule has 0 amide bonds. The molecule has 162 valence electrons. The summed E-state index contributed by atoms with van der Waals surface area (Å²) in [6.45, 7) is 10.9. The molecule has 0 unspecified atom stereocenters. The predicted molar refractivity (Wildman–Crippen MR) is 105 cm³/mol. The van der Waals surface area contributed by atoms with Gasteiger partial charge in [-0.25, -0.2) is 9.68 Å². The van der Waals surface area contributed by atoms with Crippen LogP contribution in [0.2, 0.25) is 0 Å². The third-order valence-corrected chi connectivity index (χ3v) is 6.70. The fraction of sp³-hybridized carbons (Fsp3) is 0.727. The van der Waals surface area contributed by atoms with E-state index in [9.17, 15) is 14.8 Å². The maximum atomic E-state index is 12.8. The van der Waals surface area contributed by atoms with Gasteiger partial charge in [0.05, 0.1) is 11.7 Å². The molecule has 2 heterocycles. The van der Waals surface area contributed by atoms with Crippen molar-refractivity contribution in [2.45, 2.75) is 95.2 Å². The van der Waals surface area contributed by atoms with Crippen molar-refractivity contribution in [3.8, 4) is 0 Å². The van der Waals surface area contributed by atoms with Crippen LogP contribution in [0.3, 0.4) is 0 Å². The lowest BCUT2D eigenvalue weighted by atomic mass is 9.82. The first-order valence-electron chi connectivity index (χ1n) is 10.3. The Morgan fingerprint density at radius 2 is 1.97 bits per heavy atom. The van der Waals surface area contributed by atoms with Crippen molar-refractivity contribution in [3.63, 3.8) is 0 Å². The van der Waals surface area contributed by atoms with Gasteiger partial charge in [-0.15, -0.1) is 0 Å². The van der Waals surface area contributed by atoms with Gasteiger partial charge in [-0.1, -0.05) is 18.7 Å². The minimum Gasteiger partial charge on any atom is -0.458 e. The van der Waals surface area contributed by atoms with Gasteiger partial charge in [0.15, 0.2) is 0 Å². The number of esters is 2. The Labute approximate surface area is 172 Å². The van der Waals surface area contributed by atoms with Gasteiger partial charge in [0.2, 0.25) is 0 Å². The van der Waals surface area contributed by atoms with E-state index in [1.165, 1.54) is 6.92 Å². The highest BCUT2D eigenvalue weighted by Crippen LogP contribution is 2.47. The Morgan fingerprint density at radius 3 is 2.62 bits per heavy atom. The van der Waals surface area contributed by atoms with Crippen molar-refractivity contribution in [1.82, 2.24) is 0 Å². The molecule has 0 aromatic carbocycles. The van der Waals surface area contributed by atoms with Gasteiger partial charge in [-0.3, -0.25) is 10.1 Å². The molecular formula is C22H32O7. The van der Waals surface area contributed by atoms with Crippen LogP contribution in [0.1, 0.15) is 66.2 Å². The summed E-state index contributed by atoms with van der Waals surface area (Å²) in [5, 5.41) is 9.49. The Hall–Kier alpha value is -1.70. The number of hydrogen-bond acceptors (Lipinski definition) is 7. The number of ether oxygens (including phenoxy) is 3. The summed E-state index contributed by atoms with van der Waals surface area (Å²) in [4.78, 5) is 29.3. The molecule has 29 heavy (non-hydrogen) atoms. The zero-order chi connectivity index (χ0) is 21.4. The first kappa shape index (κ1) is 22.0. The molecule has 0 aromatic rings. The van der Waals surface area contributed by atoms with Crippen LogP contribution in [-0.2, 0) is 28.7 Å². The second-order valence-electron chi connectivity index (χ2n) is 9.27. The van der Waals surface area contributed by atoms with Crippen molar-refractivity contribution in [3.05, 3.63) is 24.3 Å². The molecule has 1 N–H and O–H groups in total. The highest BCUT2D eigenvalue weighted by molar-refractivity contribution is 5.89. The van der Waals surface area contributed by atoms with E-state index in [0.29, 0.717) is 44.1 Å². The second kappa shape index (κ2) is 7.85. The van der Waals surface area contributed by atoms with E-state index in [0.717, 1.165) is 0 Å². The predicted octanol–water partition coefficient (Wildman–Crippen LogP) is 3.72. The number of epoxide rings is 1. The molecule has 2 saturated heterocycles. The minimum absolute atomic E-state index is 0.0274. The number of carbonyl (C=O) groups excluding carboxylic acids is 2. The van der Waals surface area contributed by atoms with Gasteiger partial charge in [-0.05, 0) is 65.2 Å². The monoisotopic (exact) mass is 408 g/mol. The molecular weight excluding hydrogens is 376 g/mol. The van der Waals surface area contributed by atoms with Crippen LogP contribution in [0, 0.1) is 5.92 Å². The van der Waals surface area contributed by atoms with E-state index in [4.69, 9.17) is 19.1 Å². The molecule has 0 radical (unpaired) electrons. The number of rotatable bonds is 2. The first-order chi connectivity index (χ1) is 13.5. The number of hydrogen-bond donors (Lipinski definition) is 1. The molecule has 0 saturated carbocycles. The fourth-order valence-corrected chi connectivity index (χ4v) is 4.45. The van der Waals surface area contributed by atoms with E-state index in [1.54, 1.807) is 13.8 Å². The molecule has 3 aliphatic rings. The Balaban J connectivity index is 1.95. The third-order valence-electron chi connectivity index (χ3n) is 6.70. The van der Waals surface area contributed by atoms with Gasteiger partial charge in [0, 0.05) is 12.5 Å². The zero-order valence-corrected chi connectivity index (χ0v) is 17.7. The molecule has 0 aromatic heterocycles. The van der Waals surface area contributed by atoms with Crippen molar-refractivity contribution in [2.75, 3.05) is 0 Å². The summed E-state index contributed by atoms with van der Waals surface area (Å²) >= 11 is 0. The summed E-state index contributed by atoms with van der Waals surface area (Å²) in [6, 6.07) is 0. The Bertz CT molecular complexity index is 716. The fourth-order valence-electron chi connectivity index (χ4n) is 4.45. The molecule has 2 fully saturated rings. The van der Waals surface area contributed by atoms with Gasteiger partial charge in [-0.2, -0.15) is 0 Å². The van der Waals surface area contributed by atoms with E-state index < -0.39 is 29.2 Å². The summed E-state index contributed by atoms with van der Waals surface area (Å²) in [7, 11) is 0. The normalized spacial score (nSPS) is 43.0. The van der Waals surface area contributed by atoms with Crippen LogP contribution in [0.15, 0.2) is 24.3 Å². The van der Waals surface area contributed by atoms with Crippen LogP contribution in [0.25, 0.3) is 0 Å². The quantitative estimate of drug-likeness (QED) is 0.186. The van der Waals surface area contributed by atoms with Crippen LogP contribution in [0.4, 0.5) is 0 Å². The van der Waals surface area contributed by atoms with Gasteiger partial charge < -0.3 is 14.2 Å². The SMILES string of the molecule is C=C1C(=O)O[C@]2(C)CC[C@@H]1C[C@@H]1O[C@@]1(C)CC=C[C@](C)(OO)CC[C@H]2OC(C)=O. The third kappa shape index (κ3) is 4.73. The smallest absolute Gasteiger partial charge is 0.334 e. The molecule has 0 spiro atoms. The average Bonchev–Trinajstić information content (AvgIpc) is 3.31. The van der Waals surface area contributed by atoms with Crippen LogP contribution in [0.5, 0.6) is 0 Å². The van der Waals surface area contributed by atoms with Crippen LogP contribution >= 0.6 is 0 Å². The lowest BCUT2D eigenvalue weighted by Crippen LogP contribution is -2.46. The van der Waals surface area contributed by atoms with Crippen molar-refractivity contribution in [2.24, 2.45) is 5.92 Å². The van der Waals surface area contributed by atoms with Gasteiger partial charge in [0.1, 0.15) is 17.3 Å². The van der Waals surface area contributed by atoms with Gasteiger partial charge >= 0.3 is 11.9 Å². The first-order valence-corrected chi connectivity index (χ1v) is 10.3. The van der Waals surface area contributed by atoms with E-state index in [2.05, 4.69) is 6.58 Å². The van der Waals surface area contributed by atoms with Crippen LogP contribution < -0.4 is 0 Å². The molecule has 6 atom stereocenters.